The van der Waals surface area contributed by atoms with Gasteiger partial charge in [-0.1, -0.05) is 35.9 Å². The Hall–Kier alpha value is -3.16. The molecule has 4 amide bonds. The van der Waals surface area contributed by atoms with Crippen LogP contribution in [0.15, 0.2) is 42.5 Å². The van der Waals surface area contributed by atoms with Crippen LogP contribution in [-0.4, -0.2) is 41.8 Å². The molecule has 1 fully saturated rings. The fourth-order valence-corrected chi connectivity index (χ4v) is 2.82. The predicted molar refractivity (Wildman–Crippen MR) is 99.2 cm³/mol. The van der Waals surface area contributed by atoms with Gasteiger partial charge in [0.1, 0.15) is 18.1 Å². The summed E-state index contributed by atoms with van der Waals surface area (Å²) in [5.41, 5.74) is 6.87. The third kappa shape index (κ3) is 5.95. The normalized spacial score (nSPS) is 20.2. The van der Waals surface area contributed by atoms with Crippen molar-refractivity contribution in [3.8, 4) is 0 Å². The highest BCUT2D eigenvalue weighted by molar-refractivity contribution is 5.99. The lowest BCUT2D eigenvalue weighted by atomic mass is 10.0. The Balaban J connectivity index is 1.92. The molecule has 5 N–H and O–H groups in total. The van der Waals surface area contributed by atoms with Crippen molar-refractivity contribution in [2.24, 2.45) is 5.73 Å². The fourth-order valence-electron chi connectivity index (χ4n) is 2.82. The minimum atomic E-state index is -0.997. The first-order chi connectivity index (χ1) is 12.8. The Morgan fingerprint density at radius 1 is 1.15 bits per heavy atom. The monoisotopic (exact) mass is 372 g/mol. The molecule has 1 aliphatic rings. The lowest BCUT2D eigenvalue weighted by Gasteiger charge is -2.29. The maximum absolute atomic E-state index is 12.3. The van der Waals surface area contributed by atoms with Crippen LogP contribution in [0.1, 0.15) is 25.3 Å². The van der Waals surface area contributed by atoms with Crippen LogP contribution in [0.3, 0.4) is 0 Å². The number of hydrogen-bond acceptors (Lipinski definition) is 4. The van der Waals surface area contributed by atoms with E-state index in [2.05, 4.69) is 22.5 Å². The molecule has 1 aliphatic heterocycles. The van der Waals surface area contributed by atoms with Crippen LogP contribution in [0.2, 0.25) is 0 Å². The van der Waals surface area contributed by atoms with Crippen molar-refractivity contribution in [1.82, 2.24) is 16.0 Å². The third-order valence-electron chi connectivity index (χ3n) is 4.17. The van der Waals surface area contributed by atoms with Crippen LogP contribution in [0, 0.1) is 0 Å². The molecule has 8 nitrogen and oxygen atoms in total. The minimum absolute atomic E-state index is 0.212. The number of carbonyl (C=O) groups is 4. The summed E-state index contributed by atoms with van der Waals surface area (Å²) in [6, 6.07) is 6.71. The average Bonchev–Trinajstić information content (AvgIpc) is 2.59. The SMILES string of the molecule is C=C(C)C[C@H](NC(=O)C[C@@H]1NC(=O)[C@H](Cc2ccccc2)NC1=O)C(N)=O. The highest BCUT2D eigenvalue weighted by Gasteiger charge is 2.35. The highest BCUT2D eigenvalue weighted by atomic mass is 16.2. The molecule has 144 valence electrons. The molecule has 1 saturated heterocycles. The second-order valence-electron chi connectivity index (χ2n) is 6.70. The first kappa shape index (κ1) is 20.2. The van der Waals surface area contributed by atoms with E-state index in [0.717, 1.165) is 5.56 Å². The summed E-state index contributed by atoms with van der Waals surface area (Å²) in [5, 5.41) is 7.68. The van der Waals surface area contributed by atoms with Crippen molar-refractivity contribution >= 4 is 23.6 Å². The predicted octanol–water partition coefficient (Wildman–Crippen LogP) is -0.461. The molecule has 27 heavy (non-hydrogen) atoms. The van der Waals surface area contributed by atoms with Crippen molar-refractivity contribution in [3.05, 3.63) is 48.0 Å². The van der Waals surface area contributed by atoms with Crippen LogP contribution in [0.25, 0.3) is 0 Å². The third-order valence-corrected chi connectivity index (χ3v) is 4.17. The number of nitrogens with two attached hydrogens (primary N) is 1. The van der Waals surface area contributed by atoms with E-state index in [1.807, 2.05) is 30.3 Å². The second kappa shape index (κ2) is 8.98. The number of rotatable bonds is 8. The van der Waals surface area contributed by atoms with Crippen LogP contribution < -0.4 is 21.7 Å². The van der Waals surface area contributed by atoms with Gasteiger partial charge in [0, 0.05) is 6.42 Å². The van der Waals surface area contributed by atoms with E-state index in [0.29, 0.717) is 12.0 Å². The zero-order valence-corrected chi connectivity index (χ0v) is 15.2. The second-order valence-corrected chi connectivity index (χ2v) is 6.70. The van der Waals surface area contributed by atoms with Gasteiger partial charge in [-0.3, -0.25) is 19.2 Å². The quantitative estimate of drug-likeness (QED) is 0.460. The van der Waals surface area contributed by atoms with Gasteiger partial charge in [-0.2, -0.15) is 0 Å². The fraction of sp³-hybridized carbons (Fsp3) is 0.368. The molecule has 0 spiro atoms. The van der Waals surface area contributed by atoms with Crippen LogP contribution in [0.5, 0.6) is 0 Å². The zero-order chi connectivity index (χ0) is 20.0. The molecule has 8 heteroatoms. The molecule has 0 bridgehead atoms. The van der Waals surface area contributed by atoms with Crippen molar-refractivity contribution in [3.63, 3.8) is 0 Å². The van der Waals surface area contributed by atoms with Gasteiger partial charge in [-0.15, -0.1) is 6.58 Å². The highest BCUT2D eigenvalue weighted by Crippen LogP contribution is 2.09. The lowest BCUT2D eigenvalue weighted by Crippen LogP contribution is -2.63. The van der Waals surface area contributed by atoms with Gasteiger partial charge >= 0.3 is 0 Å². The summed E-state index contributed by atoms with van der Waals surface area (Å²) >= 11 is 0. The molecule has 1 heterocycles. The van der Waals surface area contributed by atoms with Crippen LogP contribution in [0.4, 0.5) is 0 Å². The number of piperazine rings is 1. The summed E-state index contributed by atoms with van der Waals surface area (Å²) in [5.74, 6) is -2.04. The van der Waals surface area contributed by atoms with E-state index in [1.54, 1.807) is 6.92 Å². The van der Waals surface area contributed by atoms with Crippen LogP contribution >= 0.6 is 0 Å². The standard InChI is InChI=1S/C19H24N4O4/c1-11(2)8-13(17(20)25)21-16(24)10-15-19(27)22-14(18(26)23-15)9-12-6-4-3-5-7-12/h3-7,13-15H,1,8-10H2,2H3,(H2,20,25)(H,21,24)(H,22,27)(H,23,26)/t13-,14-,15-/m0/s1. The first-order valence-corrected chi connectivity index (χ1v) is 8.64. The van der Waals surface area contributed by atoms with Crippen molar-refractivity contribution < 1.29 is 19.2 Å². The molecule has 0 saturated carbocycles. The Bertz CT molecular complexity index is 747. The van der Waals surface area contributed by atoms with Crippen molar-refractivity contribution in [2.45, 2.75) is 44.3 Å². The zero-order valence-electron chi connectivity index (χ0n) is 15.2. The molecule has 0 unspecified atom stereocenters. The van der Waals surface area contributed by atoms with E-state index >= 15 is 0 Å². The summed E-state index contributed by atoms with van der Waals surface area (Å²) < 4.78 is 0. The molecular weight excluding hydrogens is 348 g/mol. The Kier molecular flexibility index (Phi) is 6.70. The molecule has 1 aromatic carbocycles. The van der Waals surface area contributed by atoms with Gasteiger partial charge < -0.3 is 21.7 Å². The van der Waals surface area contributed by atoms with Crippen molar-refractivity contribution in [1.29, 1.82) is 0 Å². The average molecular weight is 372 g/mol. The van der Waals surface area contributed by atoms with Crippen molar-refractivity contribution in [2.75, 3.05) is 0 Å². The number of primary amides is 1. The molecule has 2 rings (SSSR count). The summed E-state index contributed by atoms with van der Waals surface area (Å²) in [6.07, 6.45) is 0.290. The Morgan fingerprint density at radius 3 is 2.33 bits per heavy atom. The van der Waals surface area contributed by atoms with E-state index in [4.69, 9.17) is 5.73 Å². The van der Waals surface area contributed by atoms with Gasteiger partial charge in [0.25, 0.3) is 0 Å². The number of amides is 4. The lowest BCUT2D eigenvalue weighted by molar-refractivity contribution is -0.138. The van der Waals surface area contributed by atoms with Gasteiger partial charge in [0.15, 0.2) is 0 Å². The van der Waals surface area contributed by atoms with E-state index in [1.165, 1.54) is 0 Å². The van der Waals surface area contributed by atoms with Gasteiger partial charge in [0.2, 0.25) is 23.6 Å². The van der Waals surface area contributed by atoms with Crippen LogP contribution in [-0.2, 0) is 25.6 Å². The number of carbonyl (C=O) groups excluding carboxylic acids is 4. The summed E-state index contributed by atoms with van der Waals surface area (Å²) in [4.78, 5) is 48.1. The number of hydrogen-bond donors (Lipinski definition) is 4. The molecule has 0 aliphatic carbocycles. The minimum Gasteiger partial charge on any atom is -0.368 e. The molecule has 0 aromatic heterocycles. The van der Waals surface area contributed by atoms with E-state index < -0.39 is 35.8 Å². The molecule has 1 aromatic rings. The smallest absolute Gasteiger partial charge is 0.243 e. The van der Waals surface area contributed by atoms with Gasteiger partial charge in [-0.25, -0.2) is 0 Å². The molecular formula is C19H24N4O4. The Morgan fingerprint density at radius 2 is 1.74 bits per heavy atom. The van der Waals surface area contributed by atoms with Gasteiger partial charge in [0.05, 0.1) is 6.42 Å². The first-order valence-electron chi connectivity index (χ1n) is 8.64. The summed E-state index contributed by atoms with van der Waals surface area (Å²) in [6.45, 7) is 5.40. The molecule has 3 atom stereocenters. The topological polar surface area (TPSA) is 130 Å². The van der Waals surface area contributed by atoms with E-state index in [-0.39, 0.29) is 18.7 Å². The maximum Gasteiger partial charge on any atom is 0.243 e. The Labute approximate surface area is 157 Å². The molecule has 0 radical (unpaired) electrons. The van der Waals surface area contributed by atoms with E-state index in [9.17, 15) is 19.2 Å². The maximum atomic E-state index is 12.3. The number of benzene rings is 1. The van der Waals surface area contributed by atoms with Gasteiger partial charge in [-0.05, 0) is 18.9 Å². The summed E-state index contributed by atoms with van der Waals surface area (Å²) in [7, 11) is 0. The largest absolute Gasteiger partial charge is 0.368 e. The number of nitrogens with one attached hydrogen (secondary N) is 3.